The lowest BCUT2D eigenvalue weighted by molar-refractivity contribution is -0.384. The van der Waals surface area contributed by atoms with Crippen LogP contribution in [-0.4, -0.2) is 36.8 Å². The van der Waals surface area contributed by atoms with Crippen LogP contribution in [0.3, 0.4) is 0 Å². The number of rotatable bonds is 7. The minimum absolute atomic E-state index is 0.131. The Labute approximate surface area is 153 Å². The zero-order chi connectivity index (χ0) is 19.1. The van der Waals surface area contributed by atoms with E-state index in [1.165, 1.54) is 37.1 Å². The number of benzene rings is 2. The number of esters is 1. The molecule has 0 aliphatic heterocycles. The molecule has 0 radical (unpaired) electrons. The summed E-state index contributed by atoms with van der Waals surface area (Å²) in [6.45, 7) is -0.498. The van der Waals surface area contributed by atoms with E-state index in [1.54, 1.807) is 24.3 Å². The van der Waals surface area contributed by atoms with Crippen molar-refractivity contribution in [2.45, 2.75) is 4.90 Å². The maximum absolute atomic E-state index is 12.1. The molecule has 2 rings (SSSR count). The molecule has 0 bridgehead atoms. The molecule has 0 heterocycles. The van der Waals surface area contributed by atoms with E-state index in [9.17, 15) is 19.7 Å². The van der Waals surface area contributed by atoms with Gasteiger partial charge in [0.15, 0.2) is 6.61 Å². The van der Waals surface area contributed by atoms with Gasteiger partial charge in [-0.05, 0) is 24.5 Å². The summed E-state index contributed by atoms with van der Waals surface area (Å²) in [6.07, 6.45) is 1.83. The first kappa shape index (κ1) is 19.3. The van der Waals surface area contributed by atoms with Crippen LogP contribution >= 0.6 is 11.8 Å². The molecule has 26 heavy (non-hydrogen) atoms. The molecule has 136 valence electrons. The number of nitrogens with zero attached hydrogens (tertiary/aromatic N) is 1. The fourth-order valence-electron chi connectivity index (χ4n) is 2.11. The third-order valence-electron chi connectivity index (χ3n) is 3.33. The van der Waals surface area contributed by atoms with Crippen molar-refractivity contribution in [2.75, 3.05) is 25.3 Å². The van der Waals surface area contributed by atoms with Gasteiger partial charge in [0.25, 0.3) is 11.6 Å². The number of non-ortho nitro benzene ring substituents is 1. The van der Waals surface area contributed by atoms with E-state index in [1.807, 2.05) is 6.26 Å². The first-order chi connectivity index (χ1) is 12.5. The molecule has 0 unspecified atom stereocenters. The van der Waals surface area contributed by atoms with E-state index >= 15 is 0 Å². The fraction of sp³-hybridized carbons (Fsp3) is 0.176. The molecule has 1 amide bonds. The highest BCUT2D eigenvalue weighted by Crippen LogP contribution is 2.29. The molecule has 1 N–H and O–H groups in total. The normalized spacial score (nSPS) is 10.1. The second-order valence-electron chi connectivity index (χ2n) is 4.97. The average molecular weight is 376 g/mol. The van der Waals surface area contributed by atoms with Crippen LogP contribution in [0.5, 0.6) is 5.75 Å². The predicted octanol–water partition coefficient (Wildman–Crippen LogP) is 3.12. The highest BCUT2D eigenvalue weighted by molar-refractivity contribution is 7.98. The standard InChI is InChI=1S/C17H16N2O6S/c1-24-14-9-11(19(22)23)7-8-13(14)18-16(20)10-25-17(21)12-5-3-4-6-15(12)26-2/h3-9H,10H2,1-2H3,(H,18,20). The van der Waals surface area contributed by atoms with Gasteiger partial charge in [0.05, 0.1) is 29.4 Å². The number of nitrogens with one attached hydrogen (secondary N) is 1. The molecule has 0 aromatic heterocycles. The van der Waals surface area contributed by atoms with Gasteiger partial charge in [-0.15, -0.1) is 11.8 Å². The highest BCUT2D eigenvalue weighted by Gasteiger charge is 2.16. The SMILES string of the molecule is COc1cc([N+](=O)[O-])ccc1NC(=O)COC(=O)c1ccccc1SC. The van der Waals surface area contributed by atoms with Crippen molar-refractivity contribution >= 4 is 35.0 Å². The lowest BCUT2D eigenvalue weighted by Crippen LogP contribution is -2.21. The number of methoxy groups -OCH3 is 1. The largest absolute Gasteiger partial charge is 0.494 e. The quantitative estimate of drug-likeness (QED) is 0.342. The van der Waals surface area contributed by atoms with Crippen molar-refractivity contribution in [3.8, 4) is 5.75 Å². The first-order valence-electron chi connectivity index (χ1n) is 7.38. The molecule has 2 aromatic carbocycles. The van der Waals surface area contributed by atoms with Crippen molar-refractivity contribution in [1.82, 2.24) is 0 Å². The van der Waals surface area contributed by atoms with Gasteiger partial charge < -0.3 is 14.8 Å². The molecule has 8 nitrogen and oxygen atoms in total. The Morgan fingerprint density at radius 2 is 1.96 bits per heavy atom. The van der Waals surface area contributed by atoms with E-state index < -0.39 is 23.4 Å². The minimum atomic E-state index is -0.610. The van der Waals surface area contributed by atoms with Crippen LogP contribution in [0.1, 0.15) is 10.4 Å². The van der Waals surface area contributed by atoms with Crippen molar-refractivity contribution < 1.29 is 24.0 Å². The summed E-state index contributed by atoms with van der Waals surface area (Å²) in [6, 6.07) is 10.7. The summed E-state index contributed by atoms with van der Waals surface area (Å²) >= 11 is 1.40. The Morgan fingerprint density at radius 1 is 1.23 bits per heavy atom. The van der Waals surface area contributed by atoms with Crippen LogP contribution < -0.4 is 10.1 Å². The van der Waals surface area contributed by atoms with Crippen LogP contribution in [0.4, 0.5) is 11.4 Å². The van der Waals surface area contributed by atoms with Gasteiger partial charge in [-0.2, -0.15) is 0 Å². The molecular weight excluding hydrogens is 360 g/mol. The zero-order valence-electron chi connectivity index (χ0n) is 14.1. The van der Waals surface area contributed by atoms with E-state index in [-0.39, 0.29) is 17.1 Å². The van der Waals surface area contributed by atoms with Crippen LogP contribution in [0.2, 0.25) is 0 Å². The molecule has 2 aromatic rings. The predicted molar refractivity (Wildman–Crippen MR) is 96.8 cm³/mol. The number of hydrogen-bond donors (Lipinski definition) is 1. The van der Waals surface area contributed by atoms with Gasteiger partial charge >= 0.3 is 5.97 Å². The second-order valence-corrected chi connectivity index (χ2v) is 5.81. The number of thioether (sulfide) groups is 1. The third-order valence-corrected chi connectivity index (χ3v) is 4.13. The summed E-state index contributed by atoms with van der Waals surface area (Å²) in [5, 5.41) is 13.3. The van der Waals surface area contributed by atoms with E-state index in [0.717, 1.165) is 4.90 Å². The zero-order valence-corrected chi connectivity index (χ0v) is 14.9. The third kappa shape index (κ3) is 4.73. The number of ether oxygens (including phenoxy) is 2. The number of carbonyl (C=O) groups is 2. The van der Waals surface area contributed by atoms with Crippen LogP contribution in [0.25, 0.3) is 0 Å². The molecule has 0 atom stereocenters. The molecule has 0 saturated heterocycles. The number of hydrogen-bond acceptors (Lipinski definition) is 7. The van der Waals surface area contributed by atoms with E-state index in [4.69, 9.17) is 9.47 Å². The Bertz CT molecular complexity index is 840. The van der Waals surface area contributed by atoms with Gasteiger partial charge in [-0.3, -0.25) is 14.9 Å². The van der Waals surface area contributed by atoms with Gasteiger partial charge in [0.2, 0.25) is 0 Å². The molecule has 0 fully saturated rings. The number of nitro benzene ring substituents is 1. The average Bonchev–Trinajstić information content (AvgIpc) is 2.66. The summed E-state index contributed by atoms with van der Waals surface area (Å²) in [5.74, 6) is -1.07. The minimum Gasteiger partial charge on any atom is -0.494 e. The number of anilines is 1. The van der Waals surface area contributed by atoms with Crippen LogP contribution in [0.15, 0.2) is 47.4 Å². The second kappa shape index (κ2) is 8.86. The van der Waals surface area contributed by atoms with Gasteiger partial charge in [0, 0.05) is 11.0 Å². The maximum Gasteiger partial charge on any atom is 0.339 e. The first-order valence-corrected chi connectivity index (χ1v) is 8.61. The van der Waals surface area contributed by atoms with Gasteiger partial charge in [-0.1, -0.05) is 12.1 Å². The summed E-state index contributed by atoms with van der Waals surface area (Å²) in [7, 11) is 1.33. The van der Waals surface area contributed by atoms with E-state index in [0.29, 0.717) is 5.56 Å². The molecule has 9 heteroatoms. The monoisotopic (exact) mass is 376 g/mol. The van der Waals surface area contributed by atoms with Gasteiger partial charge in [-0.25, -0.2) is 4.79 Å². The van der Waals surface area contributed by atoms with Crippen molar-refractivity contribution in [3.63, 3.8) is 0 Å². The summed E-state index contributed by atoms with van der Waals surface area (Å²) in [5.41, 5.74) is 0.448. The van der Waals surface area contributed by atoms with E-state index in [2.05, 4.69) is 5.32 Å². The van der Waals surface area contributed by atoms with Crippen LogP contribution in [-0.2, 0) is 9.53 Å². The lowest BCUT2D eigenvalue weighted by atomic mass is 10.2. The number of amides is 1. The Balaban J connectivity index is 2.01. The Morgan fingerprint density at radius 3 is 2.62 bits per heavy atom. The molecule has 0 aliphatic rings. The number of carbonyl (C=O) groups excluding carboxylic acids is 2. The van der Waals surface area contributed by atoms with Gasteiger partial charge in [0.1, 0.15) is 5.75 Å². The van der Waals surface area contributed by atoms with Crippen molar-refractivity contribution in [3.05, 3.63) is 58.1 Å². The highest BCUT2D eigenvalue weighted by atomic mass is 32.2. The number of nitro groups is 1. The smallest absolute Gasteiger partial charge is 0.339 e. The summed E-state index contributed by atoms with van der Waals surface area (Å²) in [4.78, 5) is 35.1. The topological polar surface area (TPSA) is 108 Å². The molecular formula is C17H16N2O6S. The fourth-order valence-corrected chi connectivity index (χ4v) is 2.69. The Kier molecular flexibility index (Phi) is 6.56. The molecule has 0 saturated carbocycles. The maximum atomic E-state index is 12.1. The molecule has 0 aliphatic carbocycles. The lowest BCUT2D eigenvalue weighted by Gasteiger charge is -2.11. The van der Waals surface area contributed by atoms with Crippen LogP contribution in [0, 0.1) is 10.1 Å². The molecule has 0 spiro atoms. The van der Waals surface area contributed by atoms with Crippen molar-refractivity contribution in [2.24, 2.45) is 0 Å². The van der Waals surface area contributed by atoms with Crippen molar-refractivity contribution in [1.29, 1.82) is 0 Å². The Hall–Kier alpha value is -3.07. The summed E-state index contributed by atoms with van der Waals surface area (Å²) < 4.78 is 10.1.